The van der Waals surface area contributed by atoms with E-state index < -0.39 is 36.4 Å². The van der Waals surface area contributed by atoms with Crippen molar-refractivity contribution in [3.8, 4) is 0 Å². The van der Waals surface area contributed by atoms with Crippen molar-refractivity contribution in [2.75, 3.05) is 32.1 Å². The third-order valence-corrected chi connectivity index (χ3v) is 4.20. The van der Waals surface area contributed by atoms with E-state index in [1.807, 2.05) is 0 Å². The smallest absolute Gasteiger partial charge is 0.406 e. The van der Waals surface area contributed by atoms with Crippen LogP contribution in [0.1, 0.15) is 12.0 Å². The number of anilines is 1. The Morgan fingerprint density at radius 2 is 1.86 bits per heavy atom. The number of likely N-dealkylation sites (tertiary alicyclic amines) is 1. The number of ether oxygens (including phenoxy) is 1. The van der Waals surface area contributed by atoms with Gasteiger partial charge in [0.15, 0.2) is 0 Å². The average Bonchev–Trinajstić information content (AvgIpc) is 3.00. The molecule has 1 atom stereocenters. The highest BCUT2D eigenvalue weighted by atomic mass is 19.4. The second-order valence-electron chi connectivity index (χ2n) is 6.51. The van der Waals surface area contributed by atoms with Gasteiger partial charge in [-0.25, -0.2) is 0 Å². The molecule has 1 aromatic carbocycles. The molecule has 1 unspecified atom stereocenters. The zero-order valence-electron chi connectivity index (χ0n) is 15.5. The van der Waals surface area contributed by atoms with Gasteiger partial charge in [0.2, 0.25) is 17.7 Å². The van der Waals surface area contributed by atoms with Crippen molar-refractivity contribution in [2.24, 2.45) is 5.92 Å². The molecule has 0 spiro atoms. The molecule has 1 heterocycles. The summed E-state index contributed by atoms with van der Waals surface area (Å²) < 4.78 is 41.7. The predicted octanol–water partition coefficient (Wildman–Crippen LogP) is 0.868. The van der Waals surface area contributed by atoms with E-state index in [2.05, 4.69) is 15.4 Å². The number of carbonyl (C=O) groups excluding carboxylic acids is 4. The topological polar surface area (TPSA) is 105 Å². The fourth-order valence-corrected chi connectivity index (χ4v) is 2.76. The first kappa shape index (κ1) is 22.2. The molecule has 0 radical (unpaired) electrons. The number of carbonyl (C=O) groups is 4. The number of hydrogen-bond acceptors (Lipinski definition) is 5. The lowest BCUT2D eigenvalue weighted by atomic mass is 10.1. The van der Waals surface area contributed by atoms with Crippen LogP contribution in [0.5, 0.6) is 0 Å². The van der Waals surface area contributed by atoms with Crippen LogP contribution in [0.2, 0.25) is 0 Å². The number of alkyl halides is 3. The van der Waals surface area contributed by atoms with E-state index in [0.717, 1.165) is 0 Å². The van der Waals surface area contributed by atoms with Gasteiger partial charge < -0.3 is 20.3 Å². The number of esters is 1. The van der Waals surface area contributed by atoms with Crippen LogP contribution >= 0.6 is 0 Å². The van der Waals surface area contributed by atoms with Crippen LogP contribution < -0.4 is 10.6 Å². The Morgan fingerprint density at radius 1 is 1.21 bits per heavy atom. The molecule has 0 aromatic heterocycles. The lowest BCUT2D eigenvalue weighted by Crippen LogP contribution is -2.36. The number of benzene rings is 1. The molecule has 158 valence electrons. The molecular formula is C18H20F3N3O5. The molecule has 29 heavy (non-hydrogen) atoms. The minimum Gasteiger partial charge on any atom is -0.468 e. The average molecular weight is 415 g/mol. The largest absolute Gasteiger partial charge is 0.468 e. The normalized spacial score (nSPS) is 16.5. The molecule has 0 bridgehead atoms. The van der Waals surface area contributed by atoms with Gasteiger partial charge in [-0.15, -0.1) is 0 Å². The van der Waals surface area contributed by atoms with Crippen LogP contribution in [-0.4, -0.2) is 61.5 Å². The van der Waals surface area contributed by atoms with Crippen molar-refractivity contribution in [2.45, 2.75) is 19.0 Å². The molecule has 1 aliphatic heterocycles. The highest BCUT2D eigenvalue weighted by Gasteiger charge is 2.40. The molecule has 8 nitrogen and oxygen atoms in total. The molecule has 0 aliphatic carbocycles. The minimum atomic E-state index is -4.51. The Balaban J connectivity index is 1.85. The summed E-state index contributed by atoms with van der Waals surface area (Å²) in [5.41, 5.74) is 1.01. The molecule has 1 aromatic rings. The Hall–Kier alpha value is -3.11. The van der Waals surface area contributed by atoms with Crippen LogP contribution in [0, 0.1) is 5.92 Å². The monoisotopic (exact) mass is 415 g/mol. The zero-order valence-corrected chi connectivity index (χ0v) is 15.5. The maximum atomic E-state index is 12.4. The summed E-state index contributed by atoms with van der Waals surface area (Å²) in [6, 6.07) is 6.24. The zero-order chi connectivity index (χ0) is 21.6. The van der Waals surface area contributed by atoms with Gasteiger partial charge in [-0.05, 0) is 17.7 Å². The van der Waals surface area contributed by atoms with Crippen molar-refractivity contribution in [3.63, 3.8) is 0 Å². The second kappa shape index (κ2) is 9.39. The van der Waals surface area contributed by atoms with Gasteiger partial charge in [-0.1, -0.05) is 12.1 Å². The molecule has 2 N–H and O–H groups in total. The third-order valence-electron chi connectivity index (χ3n) is 4.20. The van der Waals surface area contributed by atoms with Crippen LogP contribution in [0.3, 0.4) is 0 Å². The number of nitrogens with one attached hydrogen (secondary N) is 2. The van der Waals surface area contributed by atoms with E-state index >= 15 is 0 Å². The van der Waals surface area contributed by atoms with Gasteiger partial charge in [0.1, 0.15) is 13.1 Å². The summed E-state index contributed by atoms with van der Waals surface area (Å²) in [5, 5.41) is 4.95. The predicted molar refractivity (Wildman–Crippen MR) is 94.5 cm³/mol. The number of nitrogens with zero attached hydrogens (tertiary/aromatic N) is 1. The molecule has 1 aliphatic rings. The highest BCUT2D eigenvalue weighted by molar-refractivity contribution is 5.97. The summed E-state index contributed by atoms with van der Waals surface area (Å²) in [4.78, 5) is 47.2. The Bertz CT molecular complexity index is 780. The van der Waals surface area contributed by atoms with Crippen molar-refractivity contribution < 1.29 is 37.1 Å². The lowest BCUT2D eigenvalue weighted by Gasteiger charge is -2.18. The number of amides is 3. The van der Waals surface area contributed by atoms with E-state index in [0.29, 0.717) is 16.2 Å². The quantitative estimate of drug-likeness (QED) is 0.643. The SMILES string of the molecule is COC(=O)CNC(=O)Cc1ccc(NC(=O)C2CC(=O)N(CC(F)(F)F)C2)cc1. The molecular weight excluding hydrogens is 395 g/mol. The van der Waals surface area contributed by atoms with Crippen molar-refractivity contribution in [1.29, 1.82) is 0 Å². The Kier molecular flexibility index (Phi) is 7.18. The van der Waals surface area contributed by atoms with Crippen LogP contribution in [0.15, 0.2) is 24.3 Å². The number of halogens is 3. The van der Waals surface area contributed by atoms with Crippen LogP contribution in [0.25, 0.3) is 0 Å². The summed E-state index contributed by atoms with van der Waals surface area (Å²) in [5.74, 6) is -3.09. The number of rotatable bonds is 7. The van der Waals surface area contributed by atoms with Gasteiger partial charge in [0.05, 0.1) is 19.4 Å². The maximum absolute atomic E-state index is 12.4. The first-order valence-corrected chi connectivity index (χ1v) is 8.65. The standard InChI is InChI=1S/C18H20F3N3O5/c1-29-16(27)8-22-14(25)6-11-2-4-13(5-3-11)23-17(28)12-7-15(26)24(9-12)10-18(19,20)21/h2-5,12H,6-10H2,1H3,(H,22,25)(H,23,28). The molecule has 2 rings (SSSR count). The van der Waals surface area contributed by atoms with Gasteiger partial charge >= 0.3 is 12.1 Å². The molecule has 1 saturated heterocycles. The molecule has 3 amide bonds. The fourth-order valence-electron chi connectivity index (χ4n) is 2.76. The number of methoxy groups -OCH3 is 1. The Morgan fingerprint density at radius 3 is 2.45 bits per heavy atom. The first-order valence-electron chi connectivity index (χ1n) is 8.65. The van der Waals surface area contributed by atoms with Crippen molar-refractivity contribution in [3.05, 3.63) is 29.8 Å². The number of hydrogen-bond donors (Lipinski definition) is 2. The summed E-state index contributed by atoms with van der Waals surface area (Å²) in [6.07, 6.45) is -4.78. The van der Waals surface area contributed by atoms with E-state index in [-0.39, 0.29) is 31.8 Å². The maximum Gasteiger partial charge on any atom is 0.406 e. The van der Waals surface area contributed by atoms with E-state index in [4.69, 9.17) is 0 Å². The molecule has 1 fully saturated rings. The lowest BCUT2D eigenvalue weighted by molar-refractivity contribution is -0.157. The van der Waals surface area contributed by atoms with Crippen LogP contribution in [-0.2, 0) is 30.3 Å². The van der Waals surface area contributed by atoms with Gasteiger partial charge in [-0.3, -0.25) is 19.2 Å². The highest BCUT2D eigenvalue weighted by Crippen LogP contribution is 2.25. The summed E-state index contributed by atoms with van der Waals surface area (Å²) >= 11 is 0. The summed E-state index contributed by atoms with van der Waals surface area (Å²) in [7, 11) is 1.21. The molecule has 11 heteroatoms. The van der Waals surface area contributed by atoms with Crippen LogP contribution in [0.4, 0.5) is 18.9 Å². The van der Waals surface area contributed by atoms with Gasteiger partial charge in [-0.2, -0.15) is 13.2 Å². The van der Waals surface area contributed by atoms with E-state index in [9.17, 15) is 32.3 Å². The fraction of sp³-hybridized carbons (Fsp3) is 0.444. The van der Waals surface area contributed by atoms with E-state index in [1.165, 1.54) is 19.2 Å². The van der Waals surface area contributed by atoms with Gasteiger partial charge in [0.25, 0.3) is 0 Å². The van der Waals surface area contributed by atoms with Crippen molar-refractivity contribution in [1.82, 2.24) is 10.2 Å². The minimum absolute atomic E-state index is 0.00868. The second-order valence-corrected chi connectivity index (χ2v) is 6.51. The third kappa shape index (κ3) is 7.09. The molecule has 0 saturated carbocycles. The Labute approximate surface area is 164 Å². The summed E-state index contributed by atoms with van der Waals surface area (Å²) in [6.45, 7) is -1.90. The van der Waals surface area contributed by atoms with Gasteiger partial charge in [0, 0.05) is 18.7 Å². The van der Waals surface area contributed by atoms with Crippen molar-refractivity contribution >= 4 is 29.4 Å². The first-order chi connectivity index (χ1) is 13.6. The van der Waals surface area contributed by atoms with E-state index in [1.54, 1.807) is 12.1 Å².